The van der Waals surface area contributed by atoms with E-state index in [4.69, 9.17) is 15.3 Å². The van der Waals surface area contributed by atoms with Gasteiger partial charge in [0.05, 0.1) is 17.2 Å². The summed E-state index contributed by atoms with van der Waals surface area (Å²) >= 11 is 0. The summed E-state index contributed by atoms with van der Waals surface area (Å²) < 4.78 is 5.53. The minimum atomic E-state index is -0.254. The van der Waals surface area contributed by atoms with E-state index in [2.05, 4.69) is 27.7 Å². The highest BCUT2D eigenvalue weighted by Gasteiger charge is 2.28. The van der Waals surface area contributed by atoms with Crippen LogP contribution in [-0.2, 0) is 4.79 Å². The minimum Gasteiger partial charge on any atom is -0.473 e. The number of pyridine rings is 2. The van der Waals surface area contributed by atoms with E-state index in [1.165, 1.54) is 17.4 Å². The number of amides is 1. The van der Waals surface area contributed by atoms with Crippen LogP contribution in [0.3, 0.4) is 0 Å². The quantitative estimate of drug-likeness (QED) is 0.676. The second-order valence-electron chi connectivity index (χ2n) is 6.44. The number of nitrogens with zero attached hydrogens (tertiary/aromatic N) is 6. The summed E-state index contributed by atoms with van der Waals surface area (Å²) in [6.07, 6.45) is 7.53. The number of nitriles is 2. The highest BCUT2D eigenvalue weighted by atomic mass is 16.5. The molecule has 1 amide bonds. The van der Waals surface area contributed by atoms with E-state index in [0.29, 0.717) is 29.8 Å². The lowest BCUT2D eigenvalue weighted by Crippen LogP contribution is -2.27. The smallest absolute Gasteiger partial charge is 0.243 e. The van der Waals surface area contributed by atoms with Gasteiger partial charge in [0, 0.05) is 43.7 Å². The maximum atomic E-state index is 12.6. The third-order valence-corrected chi connectivity index (χ3v) is 4.34. The van der Waals surface area contributed by atoms with Gasteiger partial charge in [-0.05, 0) is 29.7 Å². The van der Waals surface area contributed by atoms with Crippen molar-refractivity contribution in [3.63, 3.8) is 0 Å². The van der Waals surface area contributed by atoms with Crippen molar-refractivity contribution in [3.05, 3.63) is 65.6 Å². The Morgan fingerprint density at radius 1 is 1.21 bits per heavy atom. The molecule has 144 valence electrons. The summed E-state index contributed by atoms with van der Waals surface area (Å²) in [7, 11) is 0. The Kier molecular flexibility index (Phi) is 6.29. The molecule has 1 aliphatic rings. The van der Waals surface area contributed by atoms with Crippen LogP contribution < -0.4 is 4.74 Å². The van der Waals surface area contributed by atoms with Crippen LogP contribution in [0.15, 0.2) is 54.0 Å². The molecule has 8 heteroatoms. The number of hydrogen-bond donors (Lipinski definition) is 0. The molecule has 0 saturated heterocycles. The molecule has 2 aromatic heterocycles. The number of aromatic nitrogens is 2. The summed E-state index contributed by atoms with van der Waals surface area (Å²) in [5.74, 6) is 0.259. The van der Waals surface area contributed by atoms with E-state index >= 15 is 0 Å². The average Bonchev–Trinajstić information content (AvgIpc) is 3.26. The Morgan fingerprint density at radius 2 is 2.03 bits per heavy atom. The highest BCUT2D eigenvalue weighted by Crippen LogP contribution is 2.29. The van der Waals surface area contributed by atoms with E-state index in [1.54, 1.807) is 30.6 Å². The minimum absolute atomic E-state index is 0.135. The molecule has 0 saturated carbocycles. The SMILES string of the molecule is C=C(CCC(=O)N1N=CCC1c1cncc(C#N)c1)COc1ccc(C#N)cn1. The molecular formula is C21H18N6O2. The lowest BCUT2D eigenvalue weighted by atomic mass is 10.0. The van der Waals surface area contributed by atoms with Crippen LogP contribution in [0.4, 0.5) is 0 Å². The first-order chi connectivity index (χ1) is 14.1. The van der Waals surface area contributed by atoms with Gasteiger partial charge in [-0.2, -0.15) is 15.6 Å². The monoisotopic (exact) mass is 386 g/mol. The highest BCUT2D eigenvalue weighted by molar-refractivity contribution is 5.80. The molecule has 0 spiro atoms. The maximum absolute atomic E-state index is 12.6. The first-order valence-electron chi connectivity index (χ1n) is 8.96. The molecule has 0 aromatic carbocycles. The van der Waals surface area contributed by atoms with E-state index < -0.39 is 0 Å². The van der Waals surface area contributed by atoms with Crippen LogP contribution in [0.1, 0.15) is 42.0 Å². The first kappa shape index (κ1) is 19.7. The lowest BCUT2D eigenvalue weighted by molar-refractivity contribution is -0.133. The lowest BCUT2D eigenvalue weighted by Gasteiger charge is -2.22. The summed E-state index contributed by atoms with van der Waals surface area (Å²) in [5, 5.41) is 23.4. The second-order valence-corrected chi connectivity index (χ2v) is 6.44. The van der Waals surface area contributed by atoms with Gasteiger partial charge in [-0.15, -0.1) is 0 Å². The standard InChI is InChI=1S/C21H18N6O2/c1-15(14-29-20-4-3-16(9-22)12-25-20)2-5-21(28)27-19(6-7-26-27)18-8-17(10-23)11-24-13-18/h3-4,7-8,11-13,19H,1-2,5-6,14H2. The number of hydrogen-bond acceptors (Lipinski definition) is 7. The van der Waals surface area contributed by atoms with Crippen molar-refractivity contribution in [2.45, 2.75) is 25.3 Å². The Bertz CT molecular complexity index is 1020. The first-order valence-corrected chi connectivity index (χ1v) is 8.96. The molecular weight excluding hydrogens is 368 g/mol. The van der Waals surface area contributed by atoms with Gasteiger partial charge in [-0.25, -0.2) is 9.99 Å². The summed E-state index contributed by atoms with van der Waals surface area (Å²) in [6, 6.07) is 8.76. The van der Waals surface area contributed by atoms with Crippen molar-refractivity contribution >= 4 is 12.1 Å². The fourth-order valence-electron chi connectivity index (χ4n) is 2.81. The predicted molar refractivity (Wildman–Crippen MR) is 104 cm³/mol. The molecule has 2 aromatic rings. The largest absolute Gasteiger partial charge is 0.473 e. The van der Waals surface area contributed by atoms with E-state index in [-0.39, 0.29) is 25.0 Å². The van der Waals surface area contributed by atoms with E-state index in [1.807, 2.05) is 6.07 Å². The van der Waals surface area contributed by atoms with Gasteiger partial charge in [-0.3, -0.25) is 9.78 Å². The van der Waals surface area contributed by atoms with Crippen molar-refractivity contribution in [1.82, 2.24) is 15.0 Å². The predicted octanol–water partition coefficient (Wildman–Crippen LogP) is 2.89. The molecule has 1 aliphatic heterocycles. The van der Waals surface area contributed by atoms with E-state index in [9.17, 15) is 4.79 Å². The Labute approximate surface area is 168 Å². The fourth-order valence-corrected chi connectivity index (χ4v) is 2.81. The molecule has 0 N–H and O–H groups in total. The van der Waals surface area contributed by atoms with Gasteiger partial charge in [0.15, 0.2) is 0 Å². The normalized spacial score (nSPS) is 14.8. The van der Waals surface area contributed by atoms with Crippen LogP contribution >= 0.6 is 0 Å². The van der Waals surface area contributed by atoms with Gasteiger partial charge in [0.1, 0.15) is 18.7 Å². The third kappa shape index (κ3) is 5.02. The molecule has 1 unspecified atom stereocenters. The van der Waals surface area contributed by atoms with Crippen LogP contribution in [-0.4, -0.2) is 33.7 Å². The van der Waals surface area contributed by atoms with Crippen LogP contribution in [0.5, 0.6) is 5.88 Å². The van der Waals surface area contributed by atoms with Gasteiger partial charge < -0.3 is 4.74 Å². The van der Waals surface area contributed by atoms with Crippen molar-refractivity contribution in [3.8, 4) is 18.0 Å². The second kappa shape index (κ2) is 9.25. The van der Waals surface area contributed by atoms with Crippen molar-refractivity contribution < 1.29 is 9.53 Å². The number of ether oxygens (including phenoxy) is 1. The zero-order chi connectivity index (χ0) is 20.6. The molecule has 1 atom stereocenters. The molecule has 0 radical (unpaired) electrons. The van der Waals surface area contributed by atoms with Crippen LogP contribution in [0.2, 0.25) is 0 Å². The van der Waals surface area contributed by atoms with Gasteiger partial charge >= 0.3 is 0 Å². The third-order valence-electron chi connectivity index (χ3n) is 4.34. The molecule has 0 fully saturated rings. The van der Waals surface area contributed by atoms with Crippen LogP contribution in [0, 0.1) is 22.7 Å². The zero-order valence-electron chi connectivity index (χ0n) is 15.7. The van der Waals surface area contributed by atoms with Crippen molar-refractivity contribution in [2.24, 2.45) is 5.10 Å². The fraction of sp³-hybridized carbons (Fsp3) is 0.238. The summed E-state index contributed by atoms with van der Waals surface area (Å²) in [5.41, 5.74) is 2.43. The molecule has 3 heterocycles. The zero-order valence-corrected chi connectivity index (χ0v) is 15.7. The maximum Gasteiger partial charge on any atom is 0.243 e. The summed E-state index contributed by atoms with van der Waals surface area (Å²) in [6.45, 7) is 4.17. The van der Waals surface area contributed by atoms with Crippen LogP contribution in [0.25, 0.3) is 0 Å². The van der Waals surface area contributed by atoms with E-state index in [0.717, 1.165) is 11.1 Å². The molecule has 29 heavy (non-hydrogen) atoms. The number of rotatable bonds is 7. The molecule has 8 nitrogen and oxygen atoms in total. The number of hydrazone groups is 1. The van der Waals surface area contributed by atoms with Crippen molar-refractivity contribution in [2.75, 3.05) is 6.61 Å². The molecule has 3 rings (SSSR count). The Balaban J connectivity index is 1.51. The van der Waals surface area contributed by atoms with Gasteiger partial charge in [0.2, 0.25) is 11.8 Å². The van der Waals surface area contributed by atoms with Crippen molar-refractivity contribution in [1.29, 1.82) is 10.5 Å². The Hall–Kier alpha value is -4.04. The number of carbonyl (C=O) groups is 1. The summed E-state index contributed by atoms with van der Waals surface area (Å²) in [4.78, 5) is 20.7. The topological polar surface area (TPSA) is 115 Å². The number of carbonyl (C=O) groups excluding carboxylic acids is 1. The Morgan fingerprint density at radius 3 is 2.76 bits per heavy atom. The molecule has 0 aliphatic carbocycles. The van der Waals surface area contributed by atoms with Gasteiger partial charge in [-0.1, -0.05) is 6.58 Å². The van der Waals surface area contributed by atoms with Gasteiger partial charge in [0.25, 0.3) is 0 Å². The molecule has 0 bridgehead atoms. The average molecular weight is 386 g/mol.